The average Bonchev–Trinajstić information content (AvgIpc) is 2.50. The summed E-state index contributed by atoms with van der Waals surface area (Å²) in [7, 11) is 0. The molecule has 0 radical (unpaired) electrons. The zero-order valence-electron chi connectivity index (χ0n) is 15.0. The molecule has 6 nitrogen and oxygen atoms in total. The molecule has 1 amide bonds. The van der Waals surface area contributed by atoms with Crippen molar-refractivity contribution < 1.29 is 24.2 Å². The summed E-state index contributed by atoms with van der Waals surface area (Å²) in [5.74, 6) is -0.0977. The Morgan fingerprint density at radius 2 is 1.79 bits per heavy atom. The number of rotatable bonds is 9. The molecule has 1 rings (SSSR count). The summed E-state index contributed by atoms with van der Waals surface area (Å²) in [6, 6.07) is 4.91. The van der Waals surface area contributed by atoms with Crippen LogP contribution in [0.5, 0.6) is 11.5 Å². The number of aliphatic carboxylic acids is 1. The van der Waals surface area contributed by atoms with Gasteiger partial charge in [-0.2, -0.15) is 0 Å². The lowest BCUT2D eigenvalue weighted by atomic mass is 10.1. The highest BCUT2D eigenvalue weighted by Crippen LogP contribution is 2.29. The second-order valence-corrected chi connectivity index (χ2v) is 6.22. The molecule has 0 saturated heterocycles. The molecular formula is C18H27NO5. The van der Waals surface area contributed by atoms with Crippen molar-refractivity contribution >= 4 is 11.9 Å². The normalized spacial score (nSPS) is 10.8. The van der Waals surface area contributed by atoms with Crippen molar-refractivity contribution in [1.29, 1.82) is 0 Å². The van der Waals surface area contributed by atoms with E-state index in [4.69, 9.17) is 14.6 Å². The van der Waals surface area contributed by atoms with Crippen LogP contribution < -0.4 is 9.47 Å². The number of benzene rings is 1. The summed E-state index contributed by atoms with van der Waals surface area (Å²) >= 11 is 0. The fraction of sp³-hybridized carbons (Fsp3) is 0.556. The minimum absolute atomic E-state index is 0.0792. The number of carboxylic acids is 1. The molecule has 6 heteroatoms. The van der Waals surface area contributed by atoms with Crippen LogP contribution in [0, 0.1) is 5.92 Å². The molecule has 0 fully saturated rings. The molecule has 0 bridgehead atoms. The third-order valence-electron chi connectivity index (χ3n) is 3.29. The SMILES string of the molecule is CCOc1cc(C(=O)N(CC(C)C)C(C)C)ccc1OCC(=O)O. The monoisotopic (exact) mass is 337 g/mol. The summed E-state index contributed by atoms with van der Waals surface area (Å²) in [4.78, 5) is 25.3. The third kappa shape index (κ3) is 5.76. The van der Waals surface area contributed by atoms with Crippen LogP contribution >= 0.6 is 0 Å². The highest BCUT2D eigenvalue weighted by Gasteiger charge is 2.21. The van der Waals surface area contributed by atoms with Crippen molar-refractivity contribution in [2.45, 2.75) is 40.7 Å². The molecule has 0 aromatic heterocycles. The van der Waals surface area contributed by atoms with E-state index in [0.717, 1.165) is 0 Å². The lowest BCUT2D eigenvalue weighted by Gasteiger charge is -2.28. The second kappa shape index (κ2) is 9.15. The first-order valence-corrected chi connectivity index (χ1v) is 8.18. The number of ether oxygens (including phenoxy) is 2. The first-order chi connectivity index (χ1) is 11.3. The number of carboxylic acid groups (broad SMARTS) is 1. The summed E-state index contributed by atoms with van der Waals surface area (Å²) in [5.41, 5.74) is 0.496. The van der Waals surface area contributed by atoms with Crippen molar-refractivity contribution in [3.8, 4) is 11.5 Å². The quantitative estimate of drug-likeness (QED) is 0.749. The van der Waals surface area contributed by atoms with Gasteiger partial charge >= 0.3 is 5.97 Å². The van der Waals surface area contributed by atoms with E-state index in [1.165, 1.54) is 0 Å². The number of hydrogen-bond acceptors (Lipinski definition) is 4. The fourth-order valence-corrected chi connectivity index (χ4v) is 2.26. The predicted molar refractivity (Wildman–Crippen MR) is 91.8 cm³/mol. The van der Waals surface area contributed by atoms with E-state index < -0.39 is 12.6 Å². The van der Waals surface area contributed by atoms with E-state index in [1.54, 1.807) is 18.2 Å². The van der Waals surface area contributed by atoms with Crippen LogP contribution in [-0.2, 0) is 4.79 Å². The Labute approximate surface area is 143 Å². The zero-order chi connectivity index (χ0) is 18.3. The molecule has 0 unspecified atom stereocenters. The number of amides is 1. The first-order valence-electron chi connectivity index (χ1n) is 8.18. The Kier molecular flexibility index (Phi) is 7.55. The molecule has 24 heavy (non-hydrogen) atoms. The van der Waals surface area contributed by atoms with E-state index in [2.05, 4.69) is 13.8 Å². The van der Waals surface area contributed by atoms with Crippen molar-refractivity contribution in [3.63, 3.8) is 0 Å². The highest BCUT2D eigenvalue weighted by atomic mass is 16.5. The van der Waals surface area contributed by atoms with Gasteiger partial charge in [0.25, 0.3) is 5.91 Å². The van der Waals surface area contributed by atoms with Crippen LogP contribution in [0.15, 0.2) is 18.2 Å². The standard InChI is InChI=1S/C18H27NO5/c1-6-23-16-9-14(7-8-15(16)24-11-17(20)21)18(22)19(13(4)5)10-12(2)3/h7-9,12-13H,6,10-11H2,1-5H3,(H,20,21). The molecule has 0 aliphatic carbocycles. The van der Waals surface area contributed by atoms with Gasteiger partial charge in [0.2, 0.25) is 0 Å². The fourth-order valence-electron chi connectivity index (χ4n) is 2.26. The van der Waals surface area contributed by atoms with Crippen molar-refractivity contribution in [2.24, 2.45) is 5.92 Å². The summed E-state index contributed by atoms with van der Waals surface area (Å²) in [5, 5.41) is 8.73. The topological polar surface area (TPSA) is 76.1 Å². The Balaban J connectivity index is 3.07. The maximum atomic E-state index is 12.8. The summed E-state index contributed by atoms with van der Waals surface area (Å²) < 4.78 is 10.7. The third-order valence-corrected chi connectivity index (χ3v) is 3.29. The maximum absolute atomic E-state index is 12.8. The summed E-state index contributed by atoms with van der Waals surface area (Å²) in [6.45, 7) is 10.5. The lowest BCUT2D eigenvalue weighted by Crippen LogP contribution is -2.39. The minimum atomic E-state index is -1.07. The van der Waals surface area contributed by atoms with Crippen molar-refractivity contribution in [1.82, 2.24) is 4.90 Å². The predicted octanol–water partition coefficient (Wildman–Crippen LogP) is 3.06. The molecule has 0 heterocycles. The molecule has 0 aliphatic heterocycles. The molecule has 0 spiro atoms. The van der Waals surface area contributed by atoms with Gasteiger partial charge < -0.3 is 19.5 Å². The first kappa shape index (κ1) is 19.8. The minimum Gasteiger partial charge on any atom is -0.490 e. The largest absolute Gasteiger partial charge is 0.490 e. The van der Waals surface area contributed by atoms with Gasteiger partial charge in [-0.25, -0.2) is 4.79 Å². The molecule has 0 saturated carbocycles. The van der Waals surface area contributed by atoms with Crippen LogP contribution in [-0.4, -0.2) is 47.7 Å². The maximum Gasteiger partial charge on any atom is 0.341 e. The van der Waals surface area contributed by atoms with Crippen LogP contribution in [0.25, 0.3) is 0 Å². The second-order valence-electron chi connectivity index (χ2n) is 6.22. The van der Waals surface area contributed by atoms with Gasteiger partial charge in [0.15, 0.2) is 18.1 Å². The van der Waals surface area contributed by atoms with Crippen LogP contribution in [0.4, 0.5) is 0 Å². The molecule has 1 aromatic carbocycles. The Morgan fingerprint density at radius 1 is 1.12 bits per heavy atom. The van der Waals surface area contributed by atoms with E-state index in [1.807, 2.05) is 25.7 Å². The molecular weight excluding hydrogens is 310 g/mol. The highest BCUT2D eigenvalue weighted by molar-refractivity contribution is 5.95. The molecule has 0 atom stereocenters. The number of nitrogens with zero attached hydrogens (tertiary/aromatic N) is 1. The van der Waals surface area contributed by atoms with E-state index in [0.29, 0.717) is 36.1 Å². The van der Waals surface area contributed by atoms with E-state index in [9.17, 15) is 9.59 Å². The van der Waals surface area contributed by atoms with Gasteiger partial charge in [-0.3, -0.25) is 4.79 Å². The lowest BCUT2D eigenvalue weighted by molar-refractivity contribution is -0.139. The van der Waals surface area contributed by atoms with Crippen LogP contribution in [0.2, 0.25) is 0 Å². The van der Waals surface area contributed by atoms with E-state index in [-0.39, 0.29) is 11.9 Å². The zero-order valence-corrected chi connectivity index (χ0v) is 15.0. The van der Waals surface area contributed by atoms with Gasteiger partial charge in [-0.1, -0.05) is 13.8 Å². The van der Waals surface area contributed by atoms with Gasteiger partial charge in [-0.15, -0.1) is 0 Å². The van der Waals surface area contributed by atoms with Crippen LogP contribution in [0.3, 0.4) is 0 Å². The molecule has 134 valence electrons. The van der Waals surface area contributed by atoms with Crippen molar-refractivity contribution in [3.05, 3.63) is 23.8 Å². The summed E-state index contributed by atoms with van der Waals surface area (Å²) in [6.07, 6.45) is 0. The van der Waals surface area contributed by atoms with Gasteiger partial charge in [-0.05, 0) is 44.9 Å². The van der Waals surface area contributed by atoms with Crippen molar-refractivity contribution in [2.75, 3.05) is 19.8 Å². The molecule has 0 aliphatic rings. The Bertz CT molecular complexity index is 569. The van der Waals surface area contributed by atoms with Gasteiger partial charge in [0.05, 0.1) is 6.61 Å². The van der Waals surface area contributed by atoms with Crippen LogP contribution in [0.1, 0.15) is 45.0 Å². The van der Waals surface area contributed by atoms with E-state index >= 15 is 0 Å². The Hall–Kier alpha value is -2.24. The van der Waals surface area contributed by atoms with Gasteiger partial charge in [0.1, 0.15) is 0 Å². The molecule has 1 N–H and O–H groups in total. The number of carbonyl (C=O) groups excluding carboxylic acids is 1. The Morgan fingerprint density at radius 3 is 2.29 bits per heavy atom. The number of hydrogen-bond donors (Lipinski definition) is 1. The molecule has 1 aromatic rings. The average molecular weight is 337 g/mol. The smallest absolute Gasteiger partial charge is 0.341 e. The number of carbonyl (C=O) groups is 2. The van der Waals surface area contributed by atoms with Gasteiger partial charge in [0, 0.05) is 18.2 Å².